The van der Waals surface area contributed by atoms with E-state index in [0.29, 0.717) is 0 Å². The van der Waals surface area contributed by atoms with Gasteiger partial charge >= 0.3 is 137 Å². The van der Waals surface area contributed by atoms with Gasteiger partial charge in [-0.15, -0.1) is 0 Å². The Bertz CT molecular complexity index is 228. The number of ether oxygens (including phenoxy) is 1. The molecule has 0 saturated heterocycles. The molecule has 1 unspecified atom stereocenters. The van der Waals surface area contributed by atoms with Gasteiger partial charge in [0.05, 0.1) is 0 Å². The second kappa shape index (κ2) is 13.7. The zero-order valence-electron chi connectivity index (χ0n) is 15.4. The first-order chi connectivity index (χ1) is 10.2. The topological polar surface area (TPSA) is 9.23 Å². The Morgan fingerprint density at radius 2 is 1.29 bits per heavy atom. The zero-order chi connectivity index (χ0) is 16.0. The van der Waals surface area contributed by atoms with E-state index in [2.05, 4.69) is 33.8 Å². The van der Waals surface area contributed by atoms with Crippen LogP contribution in [0.5, 0.6) is 0 Å². The van der Waals surface area contributed by atoms with E-state index in [4.69, 9.17) is 4.74 Å². The zero-order valence-corrected chi connectivity index (χ0v) is 17.5. The van der Waals surface area contributed by atoms with Crippen LogP contribution in [0.25, 0.3) is 0 Å². The molecule has 1 atom stereocenters. The molecule has 0 saturated carbocycles. The number of hydrogen-bond donors (Lipinski definition) is 0. The van der Waals surface area contributed by atoms with E-state index in [0.717, 1.165) is 4.75 Å². The second-order valence-corrected chi connectivity index (χ2v) is 17.1. The fourth-order valence-electron chi connectivity index (χ4n) is 3.61. The maximum atomic E-state index is 5.28. The summed E-state index contributed by atoms with van der Waals surface area (Å²) in [6, 6.07) is 0. The van der Waals surface area contributed by atoms with Gasteiger partial charge in [0, 0.05) is 0 Å². The molecule has 0 N–H and O–H groups in total. The summed E-state index contributed by atoms with van der Waals surface area (Å²) in [6.45, 7) is 9.41. The molecule has 0 aromatic carbocycles. The van der Waals surface area contributed by atoms with Crippen molar-refractivity contribution in [3.63, 3.8) is 0 Å². The molecule has 0 fully saturated rings. The molecule has 0 aliphatic heterocycles. The van der Waals surface area contributed by atoms with Crippen molar-refractivity contribution in [2.75, 3.05) is 7.11 Å². The number of rotatable bonds is 14. The molecule has 0 rings (SSSR count). The van der Waals surface area contributed by atoms with Crippen LogP contribution < -0.4 is 0 Å². The van der Waals surface area contributed by atoms with Crippen molar-refractivity contribution in [2.24, 2.45) is 0 Å². The molecule has 126 valence electrons. The second-order valence-electron chi connectivity index (χ2n) is 6.63. The summed E-state index contributed by atoms with van der Waals surface area (Å²) in [7, 11) is 1.79. The Kier molecular flexibility index (Phi) is 13.8. The normalized spacial score (nSPS) is 13.8. The minimum atomic E-state index is -1.81. The summed E-state index contributed by atoms with van der Waals surface area (Å²) in [5, 5.41) is 4.74. The van der Waals surface area contributed by atoms with Crippen LogP contribution in [0.15, 0.2) is 12.3 Å². The summed E-state index contributed by atoms with van der Waals surface area (Å²) in [6.07, 6.45) is 15.6. The van der Waals surface area contributed by atoms with E-state index in [9.17, 15) is 0 Å². The third kappa shape index (κ3) is 8.33. The Labute approximate surface area is 137 Å². The van der Waals surface area contributed by atoms with Crippen LogP contribution in [-0.2, 0) is 4.74 Å². The molecule has 21 heavy (non-hydrogen) atoms. The minimum absolute atomic E-state index is 0.875. The SMILES string of the molecule is CCC[CH2][Ge]([CH2]CCC)([CH2]CCC)[CH](/C=C\OC)CCC. The van der Waals surface area contributed by atoms with Gasteiger partial charge in [0.25, 0.3) is 0 Å². The van der Waals surface area contributed by atoms with Crippen LogP contribution in [0.4, 0.5) is 0 Å². The molecule has 0 radical (unpaired) electrons. The van der Waals surface area contributed by atoms with Gasteiger partial charge in [-0.05, 0) is 0 Å². The van der Waals surface area contributed by atoms with E-state index >= 15 is 0 Å². The molecular formula is C19H40GeO. The molecule has 0 spiro atoms. The molecule has 0 aliphatic rings. The van der Waals surface area contributed by atoms with E-state index in [1.807, 2.05) is 6.26 Å². The first-order valence-corrected chi connectivity index (χ1v) is 15.1. The average molecular weight is 357 g/mol. The number of unbranched alkanes of at least 4 members (excludes halogenated alkanes) is 3. The molecule has 0 heterocycles. The third-order valence-electron chi connectivity index (χ3n) is 4.92. The molecular weight excluding hydrogens is 317 g/mol. The van der Waals surface area contributed by atoms with Crippen LogP contribution in [0.2, 0.25) is 20.5 Å². The molecule has 2 heteroatoms. The van der Waals surface area contributed by atoms with Gasteiger partial charge < -0.3 is 0 Å². The molecule has 0 aromatic rings. The van der Waals surface area contributed by atoms with E-state index in [-0.39, 0.29) is 0 Å². The maximum absolute atomic E-state index is 5.28. The average Bonchev–Trinajstić information content (AvgIpc) is 2.51. The van der Waals surface area contributed by atoms with Gasteiger partial charge in [-0.1, -0.05) is 0 Å². The van der Waals surface area contributed by atoms with E-state index in [1.54, 1.807) is 22.9 Å². The van der Waals surface area contributed by atoms with Crippen LogP contribution in [0.3, 0.4) is 0 Å². The quantitative estimate of drug-likeness (QED) is 0.237. The van der Waals surface area contributed by atoms with Gasteiger partial charge in [0.2, 0.25) is 0 Å². The van der Waals surface area contributed by atoms with Crippen molar-refractivity contribution >= 4 is 13.3 Å². The van der Waals surface area contributed by atoms with E-state index in [1.165, 1.54) is 51.4 Å². The van der Waals surface area contributed by atoms with Crippen LogP contribution >= 0.6 is 0 Å². The number of methoxy groups -OCH3 is 1. The first kappa shape index (κ1) is 21.1. The van der Waals surface area contributed by atoms with Crippen LogP contribution in [0, 0.1) is 0 Å². The Morgan fingerprint density at radius 1 is 0.810 bits per heavy atom. The Hall–Kier alpha value is 0.0829. The first-order valence-electron chi connectivity index (χ1n) is 9.40. The van der Waals surface area contributed by atoms with Gasteiger partial charge in [0.1, 0.15) is 0 Å². The molecule has 1 nitrogen and oxygen atoms in total. The predicted octanol–water partition coefficient (Wildman–Crippen LogP) is 7.17. The van der Waals surface area contributed by atoms with Gasteiger partial charge in [-0.3, -0.25) is 0 Å². The standard InChI is InChI=1S/C19H40GeO/c1-6-10-15-20(16-11-7-2,17-12-8-3)19(13-9-4)14-18-21-5/h14,18-19H,6-13,15-17H2,1-5H3/b18-14-. The van der Waals surface area contributed by atoms with Crippen molar-refractivity contribution in [1.82, 2.24) is 0 Å². The van der Waals surface area contributed by atoms with Crippen molar-refractivity contribution < 1.29 is 4.74 Å². The summed E-state index contributed by atoms with van der Waals surface area (Å²) in [4.78, 5) is 0. The number of allylic oxidation sites excluding steroid dienone is 1. The van der Waals surface area contributed by atoms with Gasteiger partial charge in [-0.25, -0.2) is 0 Å². The van der Waals surface area contributed by atoms with Crippen molar-refractivity contribution in [3.8, 4) is 0 Å². The van der Waals surface area contributed by atoms with Crippen molar-refractivity contribution in [2.45, 2.75) is 99.6 Å². The van der Waals surface area contributed by atoms with Gasteiger partial charge in [0.15, 0.2) is 0 Å². The predicted molar refractivity (Wildman–Crippen MR) is 99.7 cm³/mol. The van der Waals surface area contributed by atoms with Crippen molar-refractivity contribution in [3.05, 3.63) is 12.3 Å². The van der Waals surface area contributed by atoms with Crippen LogP contribution in [0.1, 0.15) is 79.1 Å². The van der Waals surface area contributed by atoms with Gasteiger partial charge in [-0.2, -0.15) is 0 Å². The molecule has 0 aromatic heterocycles. The number of hydrogen-bond acceptors (Lipinski definition) is 1. The third-order valence-corrected chi connectivity index (χ3v) is 17.7. The summed E-state index contributed by atoms with van der Waals surface area (Å²) >= 11 is -1.81. The fraction of sp³-hybridized carbons (Fsp3) is 0.895. The molecule has 0 bridgehead atoms. The van der Waals surface area contributed by atoms with Crippen molar-refractivity contribution in [1.29, 1.82) is 0 Å². The fourth-order valence-corrected chi connectivity index (χ4v) is 17.1. The molecule has 0 amide bonds. The Morgan fingerprint density at radius 3 is 1.62 bits per heavy atom. The summed E-state index contributed by atoms with van der Waals surface area (Å²) < 4.78 is 6.15. The monoisotopic (exact) mass is 358 g/mol. The summed E-state index contributed by atoms with van der Waals surface area (Å²) in [5.74, 6) is 0. The Balaban J connectivity index is 5.22. The van der Waals surface area contributed by atoms with E-state index < -0.39 is 13.3 Å². The molecule has 0 aliphatic carbocycles. The van der Waals surface area contributed by atoms with Crippen LogP contribution in [-0.4, -0.2) is 20.4 Å². The summed E-state index contributed by atoms with van der Waals surface area (Å²) in [5.41, 5.74) is 0.